The third kappa shape index (κ3) is 2.88. The number of aromatic amines is 1. The number of carbonyl (C=O) groups is 1. The molecule has 1 aromatic carbocycles. The molecule has 4 aromatic rings. The van der Waals surface area contributed by atoms with Crippen LogP contribution in [0.4, 0.5) is 5.82 Å². The Balaban J connectivity index is 1.64. The number of H-pyrrole nitrogens is 1. The fourth-order valence-electron chi connectivity index (χ4n) is 2.81. The molecule has 8 nitrogen and oxygen atoms in total. The van der Waals surface area contributed by atoms with Gasteiger partial charge in [0, 0.05) is 12.7 Å². The lowest BCUT2D eigenvalue weighted by atomic mass is 10.1. The van der Waals surface area contributed by atoms with E-state index in [-0.39, 0.29) is 5.69 Å². The molecule has 0 bridgehead atoms. The number of fused-ring (bicyclic) bond motifs is 1. The summed E-state index contributed by atoms with van der Waals surface area (Å²) in [6.07, 6.45) is 3.32. The maximum absolute atomic E-state index is 11.2. The van der Waals surface area contributed by atoms with E-state index in [1.165, 1.54) is 12.4 Å². The summed E-state index contributed by atoms with van der Waals surface area (Å²) in [7, 11) is 0. The number of para-hydroxylation sites is 1. The van der Waals surface area contributed by atoms with E-state index in [1.807, 2.05) is 48.1 Å². The first-order valence-electron chi connectivity index (χ1n) is 8.03. The molecule has 0 amide bonds. The average molecular weight is 348 g/mol. The summed E-state index contributed by atoms with van der Waals surface area (Å²) >= 11 is 0. The van der Waals surface area contributed by atoms with Gasteiger partial charge in [0.1, 0.15) is 23.5 Å². The van der Waals surface area contributed by atoms with Crippen molar-refractivity contribution in [2.75, 3.05) is 5.32 Å². The van der Waals surface area contributed by atoms with Crippen LogP contribution in [0, 0.1) is 6.92 Å². The zero-order valence-corrected chi connectivity index (χ0v) is 14.0. The minimum atomic E-state index is -1.03. The largest absolute Gasteiger partial charge is 0.477 e. The number of hydrogen-bond donors (Lipinski definition) is 3. The second-order valence-electron chi connectivity index (χ2n) is 5.86. The number of aromatic nitrogens is 5. The van der Waals surface area contributed by atoms with E-state index in [0.717, 1.165) is 16.9 Å². The number of aryl methyl sites for hydroxylation is 1. The number of nitrogens with one attached hydrogen (secondary N) is 2. The molecule has 0 atom stereocenters. The number of carboxylic acids is 1. The molecule has 0 aliphatic heterocycles. The predicted molar refractivity (Wildman–Crippen MR) is 96.5 cm³/mol. The molecular formula is C18H16N6O2. The molecular weight excluding hydrogens is 332 g/mol. The minimum absolute atomic E-state index is 0.0796. The van der Waals surface area contributed by atoms with Crippen molar-refractivity contribution in [3.63, 3.8) is 0 Å². The number of rotatable bonds is 5. The summed E-state index contributed by atoms with van der Waals surface area (Å²) in [6.45, 7) is 2.45. The highest BCUT2D eigenvalue weighted by molar-refractivity contribution is 5.96. The van der Waals surface area contributed by atoms with Crippen molar-refractivity contribution in [2.45, 2.75) is 13.5 Å². The molecule has 0 fully saturated rings. The van der Waals surface area contributed by atoms with Crippen LogP contribution in [0.15, 0.2) is 48.9 Å². The lowest BCUT2D eigenvalue weighted by molar-refractivity contribution is 0.0691. The van der Waals surface area contributed by atoms with Crippen molar-refractivity contribution in [3.05, 3.63) is 65.9 Å². The average Bonchev–Trinajstić information content (AvgIpc) is 3.26. The van der Waals surface area contributed by atoms with Crippen LogP contribution in [0.25, 0.3) is 16.7 Å². The van der Waals surface area contributed by atoms with Gasteiger partial charge in [0.2, 0.25) is 0 Å². The molecule has 0 saturated heterocycles. The van der Waals surface area contributed by atoms with Gasteiger partial charge in [-0.15, -0.1) is 0 Å². The molecule has 0 radical (unpaired) electrons. The molecule has 0 unspecified atom stereocenters. The molecule has 3 N–H and O–H groups in total. The third-order valence-corrected chi connectivity index (χ3v) is 4.06. The summed E-state index contributed by atoms with van der Waals surface area (Å²) < 4.78 is 1.83. The summed E-state index contributed by atoms with van der Waals surface area (Å²) in [5.41, 5.74) is 3.51. The Labute approximate surface area is 148 Å². The van der Waals surface area contributed by atoms with Crippen molar-refractivity contribution in [1.29, 1.82) is 0 Å². The highest BCUT2D eigenvalue weighted by Gasteiger charge is 2.13. The van der Waals surface area contributed by atoms with Gasteiger partial charge in [-0.05, 0) is 30.7 Å². The van der Waals surface area contributed by atoms with Crippen molar-refractivity contribution in [1.82, 2.24) is 24.7 Å². The third-order valence-electron chi connectivity index (χ3n) is 4.06. The molecule has 8 heteroatoms. The highest BCUT2D eigenvalue weighted by atomic mass is 16.4. The van der Waals surface area contributed by atoms with Crippen molar-refractivity contribution < 1.29 is 9.90 Å². The molecule has 3 heterocycles. The fourth-order valence-corrected chi connectivity index (χ4v) is 2.81. The second kappa shape index (κ2) is 6.32. The van der Waals surface area contributed by atoms with Crippen LogP contribution >= 0.6 is 0 Å². The SMILES string of the molecule is Cc1ccn(-c2ccccc2CNc2ncnc3[nH]c(C(=O)O)cc23)n1. The quantitative estimate of drug-likeness (QED) is 0.512. The van der Waals surface area contributed by atoms with Gasteiger partial charge in [0.05, 0.1) is 16.8 Å². The Kier molecular flexibility index (Phi) is 3.85. The lowest BCUT2D eigenvalue weighted by Crippen LogP contribution is -2.07. The molecule has 0 saturated carbocycles. The second-order valence-corrected chi connectivity index (χ2v) is 5.86. The van der Waals surface area contributed by atoms with Gasteiger partial charge in [0.15, 0.2) is 0 Å². The Morgan fingerprint density at radius 2 is 2.12 bits per heavy atom. The lowest BCUT2D eigenvalue weighted by Gasteiger charge is -2.11. The number of aromatic carboxylic acids is 1. The smallest absolute Gasteiger partial charge is 0.352 e. The first-order chi connectivity index (χ1) is 12.6. The number of carboxylic acid groups (broad SMARTS) is 1. The topological polar surface area (TPSA) is 109 Å². The van der Waals surface area contributed by atoms with E-state index < -0.39 is 5.97 Å². The van der Waals surface area contributed by atoms with Crippen LogP contribution in [-0.2, 0) is 6.54 Å². The summed E-state index contributed by atoms with van der Waals surface area (Å²) in [5, 5.41) is 17.5. The van der Waals surface area contributed by atoms with Gasteiger partial charge in [-0.3, -0.25) is 0 Å². The van der Waals surface area contributed by atoms with Gasteiger partial charge < -0.3 is 15.4 Å². The van der Waals surface area contributed by atoms with Gasteiger partial charge in [-0.1, -0.05) is 18.2 Å². The Hall–Kier alpha value is -3.68. The van der Waals surface area contributed by atoms with Crippen LogP contribution in [0.2, 0.25) is 0 Å². The van der Waals surface area contributed by atoms with Crippen LogP contribution in [-0.4, -0.2) is 35.8 Å². The Morgan fingerprint density at radius 3 is 2.88 bits per heavy atom. The first-order valence-corrected chi connectivity index (χ1v) is 8.03. The Morgan fingerprint density at radius 1 is 1.27 bits per heavy atom. The number of nitrogens with zero attached hydrogens (tertiary/aromatic N) is 4. The van der Waals surface area contributed by atoms with Gasteiger partial charge in [-0.2, -0.15) is 5.10 Å². The van der Waals surface area contributed by atoms with E-state index in [1.54, 1.807) is 0 Å². The van der Waals surface area contributed by atoms with E-state index in [4.69, 9.17) is 5.11 Å². The predicted octanol–water partition coefficient (Wildman–Crippen LogP) is 2.76. The van der Waals surface area contributed by atoms with Gasteiger partial charge >= 0.3 is 5.97 Å². The van der Waals surface area contributed by atoms with E-state index in [0.29, 0.717) is 23.4 Å². The standard InChI is InChI=1S/C18H16N6O2/c1-11-6-7-24(23-11)15-5-3-2-4-12(15)9-19-16-13-8-14(18(25)26)22-17(13)21-10-20-16/h2-8,10H,9H2,1H3,(H,25,26)(H2,19,20,21,22). The van der Waals surface area contributed by atoms with Crippen LogP contribution in [0.3, 0.4) is 0 Å². The van der Waals surface area contributed by atoms with E-state index in [2.05, 4.69) is 25.4 Å². The number of benzene rings is 1. The zero-order chi connectivity index (χ0) is 18.1. The summed E-state index contributed by atoms with van der Waals surface area (Å²) in [5.74, 6) is -0.460. The summed E-state index contributed by atoms with van der Waals surface area (Å²) in [4.78, 5) is 22.3. The number of hydrogen-bond acceptors (Lipinski definition) is 5. The molecule has 26 heavy (non-hydrogen) atoms. The molecule has 0 aliphatic rings. The van der Waals surface area contributed by atoms with Gasteiger partial charge in [-0.25, -0.2) is 19.4 Å². The maximum Gasteiger partial charge on any atom is 0.352 e. The van der Waals surface area contributed by atoms with Crippen molar-refractivity contribution in [2.24, 2.45) is 0 Å². The number of anilines is 1. The van der Waals surface area contributed by atoms with Crippen LogP contribution in [0.5, 0.6) is 0 Å². The van der Waals surface area contributed by atoms with Gasteiger partial charge in [0.25, 0.3) is 0 Å². The zero-order valence-electron chi connectivity index (χ0n) is 14.0. The first kappa shape index (κ1) is 15.8. The minimum Gasteiger partial charge on any atom is -0.477 e. The van der Waals surface area contributed by atoms with Crippen molar-refractivity contribution in [3.8, 4) is 5.69 Å². The normalized spacial score (nSPS) is 11.0. The molecule has 130 valence electrons. The maximum atomic E-state index is 11.2. The van der Waals surface area contributed by atoms with E-state index in [9.17, 15) is 4.79 Å². The molecule has 3 aromatic heterocycles. The van der Waals surface area contributed by atoms with Crippen LogP contribution in [0.1, 0.15) is 21.7 Å². The fraction of sp³-hybridized carbons (Fsp3) is 0.111. The van der Waals surface area contributed by atoms with E-state index >= 15 is 0 Å². The van der Waals surface area contributed by atoms with Crippen molar-refractivity contribution >= 4 is 22.8 Å². The monoisotopic (exact) mass is 348 g/mol. The summed E-state index contributed by atoms with van der Waals surface area (Å²) in [6, 6.07) is 11.4. The molecule has 4 rings (SSSR count). The highest BCUT2D eigenvalue weighted by Crippen LogP contribution is 2.22. The van der Waals surface area contributed by atoms with Crippen LogP contribution < -0.4 is 5.32 Å². The molecule has 0 aliphatic carbocycles. The Bertz CT molecular complexity index is 1100. The molecule has 0 spiro atoms.